The van der Waals surface area contributed by atoms with Gasteiger partial charge in [0, 0.05) is 12.2 Å². The van der Waals surface area contributed by atoms with Crippen LogP contribution >= 0.6 is 18.9 Å². The summed E-state index contributed by atoms with van der Waals surface area (Å²) in [5.41, 5.74) is 0.158. The molecule has 0 N–H and O–H groups in total. The molecule has 0 radical (unpaired) electrons. The van der Waals surface area contributed by atoms with E-state index in [0.29, 0.717) is 11.3 Å². The zero-order chi connectivity index (χ0) is 11.9. The summed E-state index contributed by atoms with van der Waals surface area (Å²) < 4.78 is 52.2. The van der Waals surface area contributed by atoms with E-state index in [2.05, 4.69) is 4.52 Å². The van der Waals surface area contributed by atoms with Crippen LogP contribution in [0.2, 0.25) is 0 Å². The number of alkyl halides is 3. The van der Waals surface area contributed by atoms with Crippen LogP contribution in [0.15, 0.2) is 5.38 Å². The van der Waals surface area contributed by atoms with Gasteiger partial charge in [0.25, 0.3) is 0 Å². The maximum atomic E-state index is 12.4. The summed E-state index contributed by atoms with van der Waals surface area (Å²) in [6.07, 6.45) is -4.59. The van der Waals surface area contributed by atoms with E-state index in [9.17, 15) is 22.6 Å². The van der Waals surface area contributed by atoms with Gasteiger partial charge in [0.15, 0.2) is 18.2 Å². The normalized spacial score (nSPS) is 16.1. The van der Waals surface area contributed by atoms with Gasteiger partial charge in [0.05, 0.1) is 0 Å². The highest BCUT2D eigenvalue weighted by molar-refractivity contribution is 7.50. The highest BCUT2D eigenvalue weighted by Gasteiger charge is 2.37. The fourth-order valence-corrected chi connectivity index (χ4v) is 2.38. The van der Waals surface area contributed by atoms with Crippen molar-refractivity contribution in [1.82, 2.24) is 0 Å². The number of halogens is 3. The van der Waals surface area contributed by atoms with Gasteiger partial charge in [-0.2, -0.15) is 13.2 Å². The third-order valence-electron chi connectivity index (χ3n) is 1.43. The Hall–Kier alpha value is -0.520. The van der Waals surface area contributed by atoms with Crippen molar-refractivity contribution in [3.8, 4) is 5.75 Å². The molecular formula is C7H7F3O3PS-. The minimum atomic E-state index is -4.59. The number of hydrogen-bond acceptors (Lipinski definition) is 4. The zero-order valence-corrected chi connectivity index (χ0v) is 9.50. The van der Waals surface area contributed by atoms with Gasteiger partial charge >= 0.3 is 6.18 Å². The minimum absolute atomic E-state index is 0.158. The molecule has 0 bridgehead atoms. The summed E-state index contributed by atoms with van der Waals surface area (Å²) in [7, 11) is -4.22. The topological polar surface area (TPSA) is 49.4 Å². The smallest absolute Gasteiger partial charge is 0.429 e. The van der Waals surface area contributed by atoms with Gasteiger partial charge in [0.2, 0.25) is 0 Å². The number of aryl methyl sites for hydroxylation is 1. The van der Waals surface area contributed by atoms with E-state index in [1.807, 2.05) is 0 Å². The fourth-order valence-electron chi connectivity index (χ4n) is 0.908. The van der Waals surface area contributed by atoms with Crippen molar-refractivity contribution >= 4 is 18.9 Å². The lowest BCUT2D eigenvalue weighted by molar-refractivity contribution is -0.189. The molecule has 0 aliphatic carbocycles. The highest BCUT2D eigenvalue weighted by Crippen LogP contribution is 2.47. The highest BCUT2D eigenvalue weighted by atomic mass is 32.1. The first kappa shape index (κ1) is 12.5. The maximum Gasteiger partial charge on any atom is 0.429 e. The second-order valence-electron chi connectivity index (χ2n) is 2.94. The molecule has 15 heavy (non-hydrogen) atoms. The first-order valence-corrected chi connectivity index (χ1v) is 6.61. The molecule has 8 heteroatoms. The lowest BCUT2D eigenvalue weighted by Crippen LogP contribution is -2.09. The van der Waals surface area contributed by atoms with Crippen LogP contribution < -0.4 is 9.42 Å². The molecule has 1 rings (SSSR count). The van der Waals surface area contributed by atoms with Crippen LogP contribution in [0.1, 0.15) is 10.4 Å². The minimum Gasteiger partial charge on any atom is -0.769 e. The predicted octanol–water partition coefficient (Wildman–Crippen LogP) is 2.64. The van der Waals surface area contributed by atoms with Crippen LogP contribution in [0.4, 0.5) is 13.2 Å². The molecule has 0 amide bonds. The van der Waals surface area contributed by atoms with E-state index in [-0.39, 0.29) is 5.56 Å². The third kappa shape index (κ3) is 3.22. The van der Waals surface area contributed by atoms with Crippen LogP contribution in [0, 0.1) is 6.92 Å². The van der Waals surface area contributed by atoms with Crippen LogP contribution in [-0.4, -0.2) is 6.66 Å². The second kappa shape index (κ2) is 3.81. The Morgan fingerprint density at radius 2 is 2.07 bits per heavy atom. The molecule has 0 aliphatic rings. The first-order valence-electron chi connectivity index (χ1n) is 3.74. The maximum absolute atomic E-state index is 12.4. The molecular weight excluding hydrogens is 252 g/mol. The molecule has 1 heterocycles. The second-order valence-corrected chi connectivity index (χ2v) is 5.54. The number of hydrogen-bond donors (Lipinski definition) is 0. The van der Waals surface area contributed by atoms with Crippen molar-refractivity contribution in [2.75, 3.05) is 6.66 Å². The Morgan fingerprint density at radius 3 is 2.47 bits per heavy atom. The Bertz CT molecular complexity index is 406. The Balaban J connectivity index is 3.17. The van der Waals surface area contributed by atoms with Gasteiger partial charge in [0.1, 0.15) is 0 Å². The monoisotopic (exact) mass is 259 g/mol. The average molecular weight is 259 g/mol. The van der Waals surface area contributed by atoms with Crippen LogP contribution in [-0.2, 0) is 10.7 Å². The summed E-state index contributed by atoms with van der Waals surface area (Å²) in [6.45, 7) is 2.08. The first-order chi connectivity index (χ1) is 6.61. The number of rotatable bonds is 2. The van der Waals surface area contributed by atoms with Crippen molar-refractivity contribution < 1.29 is 27.2 Å². The molecule has 1 aromatic heterocycles. The van der Waals surface area contributed by atoms with Crippen LogP contribution in [0.3, 0.4) is 0 Å². The van der Waals surface area contributed by atoms with Crippen molar-refractivity contribution in [2.24, 2.45) is 0 Å². The molecule has 86 valence electrons. The molecule has 0 spiro atoms. The average Bonchev–Trinajstić information content (AvgIpc) is 2.28. The summed E-state index contributed by atoms with van der Waals surface area (Å²) in [5.74, 6) is -0.617. The molecule has 0 saturated heterocycles. The summed E-state index contributed by atoms with van der Waals surface area (Å²) in [5, 5.41) is 1.20. The van der Waals surface area contributed by atoms with Gasteiger partial charge in [-0.15, -0.1) is 11.3 Å². The summed E-state index contributed by atoms with van der Waals surface area (Å²) in [6, 6.07) is 0. The molecule has 0 aromatic carbocycles. The fraction of sp³-hybridized carbons (Fsp3) is 0.429. The molecule has 1 aromatic rings. The van der Waals surface area contributed by atoms with E-state index in [0.717, 1.165) is 6.66 Å². The van der Waals surface area contributed by atoms with E-state index < -0.39 is 24.4 Å². The van der Waals surface area contributed by atoms with Crippen molar-refractivity contribution in [3.63, 3.8) is 0 Å². The molecule has 0 saturated carbocycles. The summed E-state index contributed by atoms with van der Waals surface area (Å²) in [4.78, 5) is 9.74. The van der Waals surface area contributed by atoms with E-state index in [1.165, 1.54) is 12.3 Å². The SMILES string of the molecule is Cc1csc(C(F)(F)F)c1OP(C)(=O)[O-]. The lowest BCUT2D eigenvalue weighted by Gasteiger charge is -2.20. The predicted molar refractivity (Wildman–Crippen MR) is 48.2 cm³/mol. The molecule has 0 fully saturated rings. The van der Waals surface area contributed by atoms with E-state index >= 15 is 0 Å². The van der Waals surface area contributed by atoms with Crippen molar-refractivity contribution in [3.05, 3.63) is 15.8 Å². The van der Waals surface area contributed by atoms with Gasteiger partial charge in [-0.05, 0) is 12.3 Å². The van der Waals surface area contributed by atoms with E-state index in [1.54, 1.807) is 0 Å². The van der Waals surface area contributed by atoms with Gasteiger partial charge in [-0.3, -0.25) is 4.57 Å². The Kier molecular flexibility index (Phi) is 3.19. The molecule has 0 aliphatic heterocycles. The summed E-state index contributed by atoms with van der Waals surface area (Å²) >= 11 is 0.414. The van der Waals surface area contributed by atoms with Crippen LogP contribution in [0.25, 0.3) is 0 Å². The molecule has 3 nitrogen and oxygen atoms in total. The Morgan fingerprint density at radius 1 is 1.53 bits per heavy atom. The zero-order valence-electron chi connectivity index (χ0n) is 7.79. The Labute approximate surface area is 88.0 Å². The molecule has 1 unspecified atom stereocenters. The number of thiophene rings is 1. The van der Waals surface area contributed by atoms with Gasteiger partial charge < -0.3 is 9.42 Å². The largest absolute Gasteiger partial charge is 0.769 e. The standard InChI is InChI=1S/C7H8F3O3PS/c1-4-3-15-6(7(8,9)10)5(4)13-14(2,11)12/h3H,1-2H3,(H,11,12)/p-1. The van der Waals surface area contributed by atoms with Crippen molar-refractivity contribution in [2.45, 2.75) is 13.1 Å². The van der Waals surface area contributed by atoms with E-state index in [4.69, 9.17) is 0 Å². The lowest BCUT2D eigenvalue weighted by atomic mass is 10.3. The third-order valence-corrected chi connectivity index (χ3v) is 3.07. The van der Waals surface area contributed by atoms with Crippen LogP contribution in [0.5, 0.6) is 5.75 Å². The van der Waals surface area contributed by atoms with Crippen molar-refractivity contribution in [1.29, 1.82) is 0 Å². The molecule has 1 atom stereocenters. The van der Waals surface area contributed by atoms with Gasteiger partial charge in [-0.1, -0.05) is 0 Å². The van der Waals surface area contributed by atoms with Gasteiger partial charge in [-0.25, -0.2) is 0 Å². The quantitative estimate of drug-likeness (QED) is 0.767.